The third kappa shape index (κ3) is 3.97. The van der Waals surface area contributed by atoms with E-state index < -0.39 is 0 Å². The molecule has 0 N–H and O–H groups in total. The SMILES string of the molecule is COc1ccc(C(=O)c2ccccc2C#Cc2ccc(C)cc2)cc1. The Morgan fingerprint density at radius 3 is 2.20 bits per heavy atom. The van der Waals surface area contributed by atoms with Crippen LogP contribution < -0.4 is 4.74 Å². The summed E-state index contributed by atoms with van der Waals surface area (Å²) in [6, 6.07) is 22.6. The van der Waals surface area contributed by atoms with Gasteiger partial charge in [0.05, 0.1) is 7.11 Å². The summed E-state index contributed by atoms with van der Waals surface area (Å²) in [7, 11) is 1.60. The number of carbonyl (C=O) groups excluding carboxylic acids is 1. The van der Waals surface area contributed by atoms with Crippen molar-refractivity contribution in [3.05, 3.63) is 101 Å². The average molecular weight is 326 g/mol. The fourth-order valence-electron chi connectivity index (χ4n) is 2.46. The van der Waals surface area contributed by atoms with Gasteiger partial charge in [0, 0.05) is 22.3 Å². The topological polar surface area (TPSA) is 26.3 Å². The second-order valence-corrected chi connectivity index (χ2v) is 5.72. The Morgan fingerprint density at radius 1 is 0.840 bits per heavy atom. The van der Waals surface area contributed by atoms with Crippen LogP contribution >= 0.6 is 0 Å². The predicted octanol–water partition coefficient (Wildman–Crippen LogP) is 4.63. The van der Waals surface area contributed by atoms with Gasteiger partial charge in [-0.25, -0.2) is 0 Å². The molecule has 0 spiro atoms. The molecule has 0 fully saturated rings. The van der Waals surface area contributed by atoms with Crippen molar-refractivity contribution in [1.82, 2.24) is 0 Å². The first-order valence-electron chi connectivity index (χ1n) is 8.04. The van der Waals surface area contributed by atoms with Crippen molar-refractivity contribution < 1.29 is 9.53 Å². The summed E-state index contributed by atoms with van der Waals surface area (Å²) >= 11 is 0. The van der Waals surface area contributed by atoms with Crippen LogP contribution in [0.5, 0.6) is 5.75 Å². The molecule has 0 atom stereocenters. The molecule has 3 aromatic rings. The van der Waals surface area contributed by atoms with Gasteiger partial charge in [0.1, 0.15) is 5.75 Å². The van der Waals surface area contributed by atoms with E-state index in [4.69, 9.17) is 4.74 Å². The number of aryl methyl sites for hydroxylation is 1. The van der Waals surface area contributed by atoms with Crippen molar-refractivity contribution in [3.63, 3.8) is 0 Å². The maximum atomic E-state index is 12.8. The molecule has 0 aliphatic rings. The largest absolute Gasteiger partial charge is 0.497 e. The Bertz CT molecular complexity index is 940. The van der Waals surface area contributed by atoms with Crippen molar-refractivity contribution in [2.24, 2.45) is 0 Å². The van der Waals surface area contributed by atoms with E-state index in [-0.39, 0.29) is 5.78 Å². The van der Waals surface area contributed by atoms with Gasteiger partial charge in [-0.15, -0.1) is 0 Å². The van der Waals surface area contributed by atoms with E-state index in [1.165, 1.54) is 5.56 Å². The lowest BCUT2D eigenvalue weighted by Gasteiger charge is -2.05. The van der Waals surface area contributed by atoms with Crippen molar-refractivity contribution >= 4 is 5.78 Å². The Morgan fingerprint density at radius 2 is 1.52 bits per heavy atom. The summed E-state index contributed by atoms with van der Waals surface area (Å²) in [6.45, 7) is 2.04. The van der Waals surface area contributed by atoms with E-state index in [1.54, 1.807) is 31.4 Å². The minimum Gasteiger partial charge on any atom is -0.497 e. The van der Waals surface area contributed by atoms with Crippen LogP contribution in [-0.4, -0.2) is 12.9 Å². The highest BCUT2D eigenvalue weighted by molar-refractivity contribution is 6.10. The smallest absolute Gasteiger partial charge is 0.194 e. The van der Waals surface area contributed by atoms with Crippen molar-refractivity contribution in [3.8, 4) is 17.6 Å². The fourth-order valence-corrected chi connectivity index (χ4v) is 2.46. The molecule has 0 aliphatic carbocycles. The monoisotopic (exact) mass is 326 g/mol. The summed E-state index contributed by atoms with van der Waals surface area (Å²) in [6.07, 6.45) is 0. The quantitative estimate of drug-likeness (QED) is 0.518. The second kappa shape index (κ2) is 7.51. The number of methoxy groups -OCH3 is 1. The fraction of sp³-hybridized carbons (Fsp3) is 0.0870. The van der Waals surface area contributed by atoms with Crippen molar-refractivity contribution in [1.29, 1.82) is 0 Å². The van der Waals surface area contributed by atoms with Crippen LogP contribution in [0.1, 0.15) is 32.6 Å². The minimum absolute atomic E-state index is 0.0449. The van der Waals surface area contributed by atoms with Gasteiger partial charge in [0.15, 0.2) is 5.78 Å². The van der Waals surface area contributed by atoms with Gasteiger partial charge in [-0.05, 0) is 55.5 Å². The van der Waals surface area contributed by atoms with E-state index in [0.29, 0.717) is 11.1 Å². The molecule has 0 amide bonds. The van der Waals surface area contributed by atoms with E-state index >= 15 is 0 Å². The maximum absolute atomic E-state index is 12.8. The van der Waals surface area contributed by atoms with Crippen LogP contribution in [0.15, 0.2) is 72.8 Å². The van der Waals surface area contributed by atoms with E-state index in [2.05, 4.69) is 11.8 Å². The molecule has 0 saturated heterocycles. The van der Waals surface area contributed by atoms with Crippen molar-refractivity contribution in [2.75, 3.05) is 7.11 Å². The van der Waals surface area contributed by atoms with Crippen LogP contribution in [0.25, 0.3) is 0 Å². The molecule has 0 radical (unpaired) electrons. The summed E-state index contributed by atoms with van der Waals surface area (Å²) in [5, 5.41) is 0. The number of ketones is 1. The molecule has 0 bridgehead atoms. The summed E-state index contributed by atoms with van der Waals surface area (Å²) < 4.78 is 5.14. The van der Waals surface area contributed by atoms with Crippen LogP contribution in [0.2, 0.25) is 0 Å². The van der Waals surface area contributed by atoms with Gasteiger partial charge in [0.25, 0.3) is 0 Å². The zero-order chi connectivity index (χ0) is 17.6. The van der Waals surface area contributed by atoms with Gasteiger partial charge in [0.2, 0.25) is 0 Å². The maximum Gasteiger partial charge on any atom is 0.194 e. The molecule has 2 heteroatoms. The van der Waals surface area contributed by atoms with Gasteiger partial charge in [-0.3, -0.25) is 4.79 Å². The molecule has 0 aliphatic heterocycles. The lowest BCUT2D eigenvalue weighted by molar-refractivity contribution is 0.103. The van der Waals surface area contributed by atoms with Gasteiger partial charge in [-0.1, -0.05) is 41.7 Å². The number of hydrogen-bond donors (Lipinski definition) is 0. The summed E-state index contributed by atoms with van der Waals surface area (Å²) in [5.41, 5.74) is 4.07. The average Bonchev–Trinajstić information content (AvgIpc) is 2.67. The van der Waals surface area contributed by atoms with Gasteiger partial charge in [-0.2, -0.15) is 0 Å². The van der Waals surface area contributed by atoms with E-state index in [1.807, 2.05) is 55.5 Å². The second-order valence-electron chi connectivity index (χ2n) is 5.72. The standard InChI is InChI=1S/C23H18O2/c1-17-7-9-18(10-8-17)11-12-19-5-3-4-6-22(19)23(24)20-13-15-21(25-2)16-14-20/h3-10,13-16H,1-2H3. The number of benzene rings is 3. The third-order valence-corrected chi connectivity index (χ3v) is 3.92. The molecule has 3 aromatic carbocycles. The molecular formula is C23H18O2. The lowest BCUT2D eigenvalue weighted by Crippen LogP contribution is -2.03. The molecule has 122 valence electrons. The molecular weight excluding hydrogens is 308 g/mol. The summed E-state index contributed by atoms with van der Waals surface area (Å²) in [4.78, 5) is 12.8. The highest BCUT2D eigenvalue weighted by Gasteiger charge is 2.12. The molecule has 3 rings (SSSR count). The number of hydrogen-bond acceptors (Lipinski definition) is 2. The van der Waals surface area contributed by atoms with Crippen LogP contribution in [-0.2, 0) is 0 Å². The van der Waals surface area contributed by atoms with Crippen LogP contribution in [0.3, 0.4) is 0 Å². The van der Waals surface area contributed by atoms with Gasteiger partial charge >= 0.3 is 0 Å². The molecule has 0 saturated carbocycles. The van der Waals surface area contributed by atoms with Crippen LogP contribution in [0, 0.1) is 18.8 Å². The first-order chi connectivity index (χ1) is 12.2. The number of ether oxygens (including phenoxy) is 1. The van der Waals surface area contributed by atoms with E-state index in [0.717, 1.165) is 16.9 Å². The Hall–Kier alpha value is -3.31. The van der Waals surface area contributed by atoms with E-state index in [9.17, 15) is 4.79 Å². The molecule has 0 aromatic heterocycles. The lowest BCUT2D eigenvalue weighted by atomic mass is 9.98. The highest BCUT2D eigenvalue weighted by atomic mass is 16.5. The minimum atomic E-state index is -0.0449. The molecule has 2 nitrogen and oxygen atoms in total. The summed E-state index contributed by atoms with van der Waals surface area (Å²) in [5.74, 6) is 6.94. The first kappa shape index (κ1) is 16.5. The Labute approximate surface area is 148 Å². The highest BCUT2D eigenvalue weighted by Crippen LogP contribution is 2.17. The number of rotatable bonds is 3. The number of carbonyl (C=O) groups is 1. The zero-order valence-corrected chi connectivity index (χ0v) is 14.2. The predicted molar refractivity (Wildman–Crippen MR) is 100 cm³/mol. The van der Waals surface area contributed by atoms with Gasteiger partial charge < -0.3 is 4.74 Å². The zero-order valence-electron chi connectivity index (χ0n) is 14.2. The first-order valence-corrected chi connectivity index (χ1v) is 8.04. The van der Waals surface area contributed by atoms with Crippen molar-refractivity contribution in [2.45, 2.75) is 6.92 Å². The van der Waals surface area contributed by atoms with Crippen LogP contribution in [0.4, 0.5) is 0 Å². The normalized spacial score (nSPS) is 9.84. The Kier molecular flexibility index (Phi) is 4.97. The molecule has 0 heterocycles. The molecule has 25 heavy (non-hydrogen) atoms. The molecule has 0 unspecified atom stereocenters. The third-order valence-electron chi connectivity index (χ3n) is 3.92. The Balaban J connectivity index is 1.93.